The molecule has 0 aromatic rings. The standard InChI is InChI=1S/C12H19NO4/c1-9(2)8-11(14)17-10(3)4-5-13-6-7-16-12(13)15/h4-5,9-10H,6-8H2,1-3H3/b5-4+. The Bertz CT molecular complexity index is 312. The van der Waals surface area contributed by atoms with Gasteiger partial charge in [-0.25, -0.2) is 4.79 Å². The smallest absolute Gasteiger partial charge is 0.413 e. The van der Waals surface area contributed by atoms with Crippen LogP contribution in [-0.4, -0.2) is 36.2 Å². The lowest BCUT2D eigenvalue weighted by atomic mass is 10.1. The third-order valence-electron chi connectivity index (χ3n) is 2.22. The van der Waals surface area contributed by atoms with E-state index in [0.717, 1.165) is 0 Å². The zero-order chi connectivity index (χ0) is 12.8. The van der Waals surface area contributed by atoms with Crippen LogP contribution in [0.3, 0.4) is 0 Å². The van der Waals surface area contributed by atoms with E-state index in [2.05, 4.69) is 0 Å². The van der Waals surface area contributed by atoms with Crippen LogP contribution in [0.4, 0.5) is 4.79 Å². The number of rotatable bonds is 5. The summed E-state index contributed by atoms with van der Waals surface area (Å²) in [5.41, 5.74) is 0. The lowest BCUT2D eigenvalue weighted by Gasteiger charge is -2.12. The first-order valence-electron chi connectivity index (χ1n) is 5.80. The second-order valence-corrected chi connectivity index (χ2v) is 4.44. The van der Waals surface area contributed by atoms with Gasteiger partial charge in [-0.15, -0.1) is 0 Å². The average molecular weight is 241 g/mol. The van der Waals surface area contributed by atoms with Gasteiger partial charge in [-0.05, 0) is 18.9 Å². The van der Waals surface area contributed by atoms with Crippen LogP contribution in [0.15, 0.2) is 12.3 Å². The summed E-state index contributed by atoms with van der Waals surface area (Å²) in [5.74, 6) is 0.0633. The molecule has 0 spiro atoms. The molecule has 0 aromatic heterocycles. The van der Waals surface area contributed by atoms with Crippen LogP contribution in [0.25, 0.3) is 0 Å². The summed E-state index contributed by atoms with van der Waals surface area (Å²) in [7, 11) is 0. The quantitative estimate of drug-likeness (QED) is 0.690. The van der Waals surface area contributed by atoms with Gasteiger partial charge in [0, 0.05) is 12.6 Å². The molecule has 0 N–H and O–H groups in total. The second-order valence-electron chi connectivity index (χ2n) is 4.44. The zero-order valence-corrected chi connectivity index (χ0v) is 10.5. The third kappa shape index (κ3) is 4.89. The van der Waals surface area contributed by atoms with Crippen molar-refractivity contribution in [3.63, 3.8) is 0 Å². The van der Waals surface area contributed by atoms with Crippen molar-refractivity contribution < 1.29 is 19.1 Å². The van der Waals surface area contributed by atoms with Gasteiger partial charge in [-0.3, -0.25) is 9.69 Å². The fraction of sp³-hybridized carbons (Fsp3) is 0.667. The van der Waals surface area contributed by atoms with Crippen molar-refractivity contribution in [2.24, 2.45) is 5.92 Å². The Hall–Kier alpha value is -1.52. The van der Waals surface area contributed by atoms with Crippen molar-refractivity contribution in [2.75, 3.05) is 13.2 Å². The molecular weight excluding hydrogens is 222 g/mol. The number of hydrogen-bond acceptors (Lipinski definition) is 4. The molecule has 5 heteroatoms. The number of esters is 1. The highest BCUT2D eigenvalue weighted by Crippen LogP contribution is 2.07. The number of cyclic esters (lactones) is 1. The molecule has 1 saturated heterocycles. The lowest BCUT2D eigenvalue weighted by Crippen LogP contribution is -2.19. The Kier molecular flexibility index (Phi) is 5.00. The Morgan fingerprint density at radius 3 is 2.76 bits per heavy atom. The van der Waals surface area contributed by atoms with Gasteiger partial charge in [0.25, 0.3) is 0 Å². The molecule has 0 saturated carbocycles. The number of amides is 1. The van der Waals surface area contributed by atoms with Gasteiger partial charge in [0.15, 0.2) is 0 Å². The predicted molar refractivity (Wildman–Crippen MR) is 62.2 cm³/mol. The van der Waals surface area contributed by atoms with E-state index in [4.69, 9.17) is 9.47 Å². The van der Waals surface area contributed by atoms with Crippen molar-refractivity contribution in [3.8, 4) is 0 Å². The van der Waals surface area contributed by atoms with Crippen LogP contribution in [0.2, 0.25) is 0 Å². The largest absolute Gasteiger partial charge is 0.458 e. The van der Waals surface area contributed by atoms with Gasteiger partial charge < -0.3 is 9.47 Å². The molecule has 1 rings (SSSR count). The Morgan fingerprint density at radius 1 is 1.53 bits per heavy atom. The van der Waals surface area contributed by atoms with Crippen molar-refractivity contribution in [1.29, 1.82) is 0 Å². The summed E-state index contributed by atoms with van der Waals surface area (Å²) in [6, 6.07) is 0. The molecular formula is C12H19NO4. The maximum atomic E-state index is 11.4. The monoisotopic (exact) mass is 241 g/mol. The summed E-state index contributed by atoms with van der Waals surface area (Å²) in [5, 5.41) is 0. The summed E-state index contributed by atoms with van der Waals surface area (Å²) < 4.78 is 9.91. The minimum Gasteiger partial charge on any atom is -0.458 e. The molecule has 1 heterocycles. The molecule has 1 atom stereocenters. The highest BCUT2D eigenvalue weighted by atomic mass is 16.6. The first-order chi connectivity index (χ1) is 7.99. The topological polar surface area (TPSA) is 55.8 Å². The Morgan fingerprint density at radius 2 is 2.24 bits per heavy atom. The molecule has 1 amide bonds. The van der Waals surface area contributed by atoms with Gasteiger partial charge in [0.1, 0.15) is 12.7 Å². The fourth-order valence-corrected chi connectivity index (χ4v) is 1.39. The van der Waals surface area contributed by atoms with Crippen molar-refractivity contribution >= 4 is 12.1 Å². The fourth-order valence-electron chi connectivity index (χ4n) is 1.39. The van der Waals surface area contributed by atoms with E-state index in [1.165, 1.54) is 4.90 Å². The zero-order valence-electron chi connectivity index (χ0n) is 10.5. The van der Waals surface area contributed by atoms with Gasteiger partial charge >= 0.3 is 12.1 Å². The second kappa shape index (κ2) is 6.27. The minimum absolute atomic E-state index is 0.221. The molecule has 0 aliphatic carbocycles. The normalized spacial score (nSPS) is 17.6. The van der Waals surface area contributed by atoms with E-state index in [-0.39, 0.29) is 24.1 Å². The molecule has 5 nitrogen and oxygen atoms in total. The van der Waals surface area contributed by atoms with Gasteiger partial charge in [0.2, 0.25) is 0 Å². The molecule has 1 aliphatic heterocycles. The summed E-state index contributed by atoms with van der Waals surface area (Å²) >= 11 is 0. The van der Waals surface area contributed by atoms with Crippen molar-refractivity contribution in [3.05, 3.63) is 12.3 Å². The number of carbonyl (C=O) groups excluding carboxylic acids is 2. The number of hydrogen-bond donors (Lipinski definition) is 0. The molecule has 17 heavy (non-hydrogen) atoms. The highest BCUT2D eigenvalue weighted by molar-refractivity contribution is 5.71. The van der Waals surface area contributed by atoms with Crippen LogP contribution >= 0.6 is 0 Å². The van der Waals surface area contributed by atoms with E-state index in [9.17, 15) is 9.59 Å². The molecule has 0 radical (unpaired) electrons. The van der Waals surface area contributed by atoms with E-state index in [0.29, 0.717) is 19.6 Å². The van der Waals surface area contributed by atoms with Crippen molar-refractivity contribution in [2.45, 2.75) is 33.3 Å². The molecule has 1 unspecified atom stereocenters. The summed E-state index contributed by atoms with van der Waals surface area (Å²) in [6.07, 6.45) is 2.98. The maximum absolute atomic E-state index is 11.4. The SMILES string of the molecule is CC(C)CC(=O)OC(C)/C=C/N1CCOC1=O. The van der Waals surface area contributed by atoms with E-state index >= 15 is 0 Å². The molecule has 1 fully saturated rings. The molecule has 0 aromatic carbocycles. The number of carbonyl (C=O) groups is 2. The average Bonchev–Trinajstić information content (AvgIpc) is 2.59. The Labute approximate surface area is 101 Å². The van der Waals surface area contributed by atoms with E-state index in [1.807, 2.05) is 13.8 Å². The van der Waals surface area contributed by atoms with Gasteiger partial charge in [0.05, 0.1) is 6.54 Å². The lowest BCUT2D eigenvalue weighted by molar-refractivity contribution is -0.147. The van der Waals surface area contributed by atoms with Crippen molar-refractivity contribution in [1.82, 2.24) is 4.90 Å². The van der Waals surface area contributed by atoms with Crippen LogP contribution in [0, 0.1) is 5.92 Å². The molecule has 0 bridgehead atoms. The van der Waals surface area contributed by atoms with Crippen LogP contribution in [-0.2, 0) is 14.3 Å². The van der Waals surface area contributed by atoms with Gasteiger partial charge in [-0.1, -0.05) is 13.8 Å². The molecule has 96 valence electrons. The third-order valence-corrected chi connectivity index (χ3v) is 2.22. The predicted octanol–water partition coefficient (Wildman–Crippen LogP) is 1.93. The Balaban J connectivity index is 2.33. The minimum atomic E-state index is -0.359. The van der Waals surface area contributed by atoms with Crippen LogP contribution in [0.5, 0.6) is 0 Å². The van der Waals surface area contributed by atoms with Crippen LogP contribution in [0.1, 0.15) is 27.2 Å². The maximum Gasteiger partial charge on any atom is 0.413 e. The van der Waals surface area contributed by atoms with E-state index in [1.54, 1.807) is 19.2 Å². The van der Waals surface area contributed by atoms with Crippen LogP contribution < -0.4 is 0 Å². The molecule has 1 aliphatic rings. The summed E-state index contributed by atoms with van der Waals surface area (Å²) in [4.78, 5) is 23.9. The first-order valence-corrected chi connectivity index (χ1v) is 5.80. The van der Waals surface area contributed by atoms with Gasteiger partial charge in [-0.2, -0.15) is 0 Å². The number of ether oxygens (including phenoxy) is 2. The first kappa shape index (κ1) is 13.5. The number of nitrogens with zero attached hydrogens (tertiary/aromatic N) is 1. The highest BCUT2D eigenvalue weighted by Gasteiger charge is 2.19. The summed E-state index contributed by atoms with van der Waals surface area (Å²) in [6.45, 7) is 6.63. The van der Waals surface area contributed by atoms with E-state index < -0.39 is 0 Å².